The molecule has 3 heteroatoms. The summed E-state index contributed by atoms with van der Waals surface area (Å²) >= 11 is 0. The third kappa shape index (κ3) is 3.79. The van der Waals surface area contributed by atoms with Crippen molar-refractivity contribution in [2.24, 2.45) is 0 Å². The number of terminal acetylenes is 1. The molecular formula is C11H17N3. The van der Waals surface area contributed by atoms with E-state index in [0.717, 1.165) is 39.0 Å². The van der Waals surface area contributed by atoms with Gasteiger partial charge >= 0.3 is 0 Å². The monoisotopic (exact) mass is 191 g/mol. The van der Waals surface area contributed by atoms with Crippen LogP contribution in [0.25, 0.3) is 0 Å². The lowest BCUT2D eigenvalue weighted by Gasteiger charge is -2.30. The Bertz CT molecular complexity index is 228. The van der Waals surface area contributed by atoms with Gasteiger partial charge in [-0.15, -0.1) is 6.42 Å². The molecule has 1 aliphatic heterocycles. The van der Waals surface area contributed by atoms with Gasteiger partial charge in [-0.1, -0.05) is 5.92 Å². The summed E-state index contributed by atoms with van der Waals surface area (Å²) in [6.45, 7) is 3.74. The smallest absolute Gasteiger partial charge is 0.0635 e. The Morgan fingerprint density at radius 2 is 2.14 bits per heavy atom. The molecule has 1 heterocycles. The summed E-state index contributed by atoms with van der Waals surface area (Å²) in [7, 11) is 0. The number of piperidine rings is 1. The van der Waals surface area contributed by atoms with Crippen LogP contribution in [0.3, 0.4) is 0 Å². The maximum atomic E-state index is 8.39. The van der Waals surface area contributed by atoms with Crippen LogP contribution in [0.4, 0.5) is 0 Å². The molecule has 0 radical (unpaired) electrons. The van der Waals surface area contributed by atoms with Crippen molar-refractivity contribution in [2.75, 3.05) is 26.2 Å². The Morgan fingerprint density at radius 3 is 2.71 bits per heavy atom. The molecule has 0 bridgehead atoms. The van der Waals surface area contributed by atoms with Crippen molar-refractivity contribution >= 4 is 0 Å². The number of hydrogen-bond acceptors (Lipinski definition) is 3. The number of nitrogens with one attached hydrogen (secondary N) is 1. The molecule has 0 aliphatic carbocycles. The molecule has 1 N–H and O–H groups in total. The first kappa shape index (κ1) is 11.0. The van der Waals surface area contributed by atoms with E-state index >= 15 is 0 Å². The van der Waals surface area contributed by atoms with Gasteiger partial charge in [0.1, 0.15) is 0 Å². The van der Waals surface area contributed by atoms with Crippen molar-refractivity contribution in [3.05, 3.63) is 0 Å². The van der Waals surface area contributed by atoms with Crippen LogP contribution in [0.5, 0.6) is 0 Å². The van der Waals surface area contributed by atoms with Gasteiger partial charge in [-0.3, -0.25) is 4.90 Å². The highest BCUT2D eigenvalue weighted by Crippen LogP contribution is 2.09. The molecule has 0 aromatic heterocycles. The second-order valence-electron chi connectivity index (χ2n) is 3.62. The standard InChI is InChI=1S/C11H17N3/c1-2-8-14-9-4-11(5-10-14)13-7-3-6-12/h1,11,13H,3-5,7-10H2. The van der Waals surface area contributed by atoms with Gasteiger partial charge in [-0.05, 0) is 12.8 Å². The maximum Gasteiger partial charge on any atom is 0.0635 e. The molecule has 1 saturated heterocycles. The van der Waals surface area contributed by atoms with E-state index in [0.29, 0.717) is 12.5 Å². The van der Waals surface area contributed by atoms with Crippen LogP contribution < -0.4 is 5.32 Å². The fourth-order valence-electron chi connectivity index (χ4n) is 1.76. The molecule has 1 aliphatic rings. The van der Waals surface area contributed by atoms with Crippen molar-refractivity contribution in [2.45, 2.75) is 25.3 Å². The van der Waals surface area contributed by atoms with E-state index in [9.17, 15) is 0 Å². The average Bonchev–Trinajstić information content (AvgIpc) is 2.21. The van der Waals surface area contributed by atoms with Crippen molar-refractivity contribution in [1.82, 2.24) is 10.2 Å². The van der Waals surface area contributed by atoms with Gasteiger partial charge in [0.2, 0.25) is 0 Å². The summed E-state index contributed by atoms with van der Waals surface area (Å²) in [5, 5.41) is 11.8. The Balaban J connectivity index is 2.11. The van der Waals surface area contributed by atoms with E-state index in [-0.39, 0.29) is 0 Å². The Morgan fingerprint density at radius 1 is 1.43 bits per heavy atom. The molecule has 14 heavy (non-hydrogen) atoms. The van der Waals surface area contributed by atoms with E-state index in [1.165, 1.54) is 0 Å². The lowest BCUT2D eigenvalue weighted by atomic mass is 10.1. The van der Waals surface area contributed by atoms with E-state index in [2.05, 4.69) is 22.2 Å². The molecule has 0 aromatic rings. The summed E-state index contributed by atoms with van der Waals surface area (Å²) in [5.74, 6) is 2.67. The second-order valence-corrected chi connectivity index (χ2v) is 3.62. The highest BCUT2D eigenvalue weighted by molar-refractivity contribution is 4.90. The number of rotatable bonds is 4. The second kappa shape index (κ2) is 6.43. The van der Waals surface area contributed by atoms with Gasteiger partial charge in [-0.2, -0.15) is 5.26 Å². The van der Waals surface area contributed by atoms with Gasteiger partial charge in [0.15, 0.2) is 0 Å². The molecule has 0 spiro atoms. The van der Waals surface area contributed by atoms with Crippen LogP contribution in [-0.2, 0) is 0 Å². The third-order valence-electron chi connectivity index (χ3n) is 2.57. The van der Waals surface area contributed by atoms with Crippen LogP contribution in [0, 0.1) is 23.7 Å². The van der Waals surface area contributed by atoms with Crippen molar-refractivity contribution in [1.29, 1.82) is 5.26 Å². The number of nitriles is 1. The van der Waals surface area contributed by atoms with Crippen molar-refractivity contribution in [3.63, 3.8) is 0 Å². The van der Waals surface area contributed by atoms with E-state index in [1.807, 2.05) is 0 Å². The minimum Gasteiger partial charge on any atom is -0.313 e. The van der Waals surface area contributed by atoms with E-state index in [4.69, 9.17) is 11.7 Å². The van der Waals surface area contributed by atoms with Gasteiger partial charge in [0.25, 0.3) is 0 Å². The number of hydrogen-bond donors (Lipinski definition) is 1. The fraction of sp³-hybridized carbons (Fsp3) is 0.727. The Hall–Kier alpha value is -1.03. The molecule has 0 saturated carbocycles. The molecule has 0 aromatic carbocycles. The van der Waals surface area contributed by atoms with Crippen LogP contribution in [0.2, 0.25) is 0 Å². The predicted octanol–water partition coefficient (Wildman–Crippen LogP) is 0.587. The fourth-order valence-corrected chi connectivity index (χ4v) is 1.76. The summed E-state index contributed by atoms with van der Waals surface area (Å²) in [4.78, 5) is 2.29. The van der Waals surface area contributed by atoms with E-state index < -0.39 is 0 Å². The highest BCUT2D eigenvalue weighted by Gasteiger charge is 2.17. The zero-order valence-electron chi connectivity index (χ0n) is 8.50. The minimum atomic E-state index is 0.581. The topological polar surface area (TPSA) is 39.1 Å². The van der Waals surface area contributed by atoms with Crippen LogP contribution >= 0.6 is 0 Å². The van der Waals surface area contributed by atoms with Crippen LogP contribution in [-0.4, -0.2) is 37.1 Å². The first-order valence-corrected chi connectivity index (χ1v) is 5.13. The first-order valence-electron chi connectivity index (χ1n) is 5.13. The Labute approximate surface area is 86.1 Å². The quantitative estimate of drug-likeness (QED) is 0.522. The molecule has 76 valence electrons. The first-order chi connectivity index (χ1) is 6.86. The van der Waals surface area contributed by atoms with Gasteiger partial charge < -0.3 is 5.32 Å². The molecule has 0 amide bonds. The minimum absolute atomic E-state index is 0.581. The van der Waals surface area contributed by atoms with Crippen LogP contribution in [0.15, 0.2) is 0 Å². The molecule has 0 atom stereocenters. The van der Waals surface area contributed by atoms with Gasteiger partial charge in [-0.25, -0.2) is 0 Å². The molecule has 1 fully saturated rings. The predicted molar refractivity (Wildman–Crippen MR) is 56.5 cm³/mol. The lowest BCUT2D eigenvalue weighted by molar-refractivity contribution is 0.219. The molecule has 0 unspecified atom stereocenters. The molecule has 3 nitrogen and oxygen atoms in total. The van der Waals surface area contributed by atoms with E-state index in [1.54, 1.807) is 0 Å². The molecule has 1 rings (SSSR count). The Kier molecular flexibility index (Phi) is 5.07. The van der Waals surface area contributed by atoms with Crippen molar-refractivity contribution in [3.8, 4) is 18.4 Å². The van der Waals surface area contributed by atoms with Gasteiger partial charge in [0.05, 0.1) is 12.6 Å². The normalized spacial score (nSPS) is 18.7. The SMILES string of the molecule is C#CCN1CCC(NCCC#N)CC1. The van der Waals surface area contributed by atoms with Gasteiger partial charge in [0, 0.05) is 32.1 Å². The number of nitrogens with zero attached hydrogens (tertiary/aromatic N) is 2. The summed E-state index contributed by atoms with van der Waals surface area (Å²) < 4.78 is 0. The zero-order chi connectivity index (χ0) is 10.2. The third-order valence-corrected chi connectivity index (χ3v) is 2.57. The summed E-state index contributed by atoms with van der Waals surface area (Å²) in [6, 6.07) is 2.72. The number of likely N-dealkylation sites (tertiary alicyclic amines) is 1. The average molecular weight is 191 g/mol. The zero-order valence-corrected chi connectivity index (χ0v) is 8.50. The maximum absolute atomic E-state index is 8.39. The largest absolute Gasteiger partial charge is 0.313 e. The molecular weight excluding hydrogens is 174 g/mol. The summed E-state index contributed by atoms with van der Waals surface area (Å²) in [5.41, 5.74) is 0. The van der Waals surface area contributed by atoms with Crippen molar-refractivity contribution < 1.29 is 0 Å². The summed E-state index contributed by atoms with van der Waals surface area (Å²) in [6.07, 6.45) is 8.14. The van der Waals surface area contributed by atoms with Crippen LogP contribution in [0.1, 0.15) is 19.3 Å². The highest BCUT2D eigenvalue weighted by atomic mass is 15.1. The lowest BCUT2D eigenvalue weighted by Crippen LogP contribution is -2.42.